The molecule has 22 heavy (non-hydrogen) atoms. The molecule has 0 heterocycles. The van der Waals surface area contributed by atoms with Crippen molar-refractivity contribution < 1.29 is 9.53 Å². The number of hydrogen-bond donors (Lipinski definition) is 1. The number of ether oxygens (including phenoxy) is 1. The predicted molar refractivity (Wildman–Crippen MR) is 88.6 cm³/mol. The molecule has 0 atom stereocenters. The Morgan fingerprint density at radius 3 is 2.73 bits per heavy atom. The summed E-state index contributed by atoms with van der Waals surface area (Å²) < 4.78 is 5.44. The van der Waals surface area contributed by atoms with Crippen molar-refractivity contribution in [2.45, 2.75) is 0 Å². The third-order valence-corrected chi connectivity index (χ3v) is 3.11. The number of benzene rings is 2. The van der Waals surface area contributed by atoms with Crippen LogP contribution in [-0.4, -0.2) is 18.7 Å². The van der Waals surface area contributed by atoms with E-state index in [0.29, 0.717) is 22.9 Å². The average Bonchev–Trinajstić information content (AvgIpc) is 2.55. The number of halogens is 1. The maximum atomic E-state index is 12.1. The Bertz CT molecular complexity index is 699. The fraction of sp³-hybridized carbons (Fsp3) is 0.0588. The number of hydrazone groups is 1. The van der Waals surface area contributed by atoms with Crippen LogP contribution in [0.3, 0.4) is 0 Å². The average molecular weight is 315 g/mol. The maximum absolute atomic E-state index is 12.1. The molecular weight excluding hydrogens is 300 g/mol. The molecule has 2 aromatic rings. The third-order valence-electron chi connectivity index (χ3n) is 2.76. The molecule has 0 spiro atoms. The molecule has 0 aliphatic rings. The molecule has 0 aromatic heterocycles. The van der Waals surface area contributed by atoms with Crippen LogP contribution in [0.15, 0.2) is 66.3 Å². The number of amides is 1. The van der Waals surface area contributed by atoms with E-state index in [9.17, 15) is 4.79 Å². The molecule has 0 unspecified atom stereocenters. The van der Waals surface area contributed by atoms with Gasteiger partial charge in [-0.1, -0.05) is 54.6 Å². The van der Waals surface area contributed by atoms with Gasteiger partial charge in [0.05, 0.1) is 11.8 Å². The van der Waals surface area contributed by atoms with E-state index in [4.69, 9.17) is 16.3 Å². The smallest absolute Gasteiger partial charge is 0.275 e. The molecule has 112 valence electrons. The van der Waals surface area contributed by atoms with Crippen LogP contribution < -0.4 is 10.2 Å². The Kier molecular flexibility index (Phi) is 5.74. The number of hydrogen-bond acceptors (Lipinski definition) is 3. The van der Waals surface area contributed by atoms with Gasteiger partial charge in [-0.15, -0.1) is 0 Å². The first-order chi connectivity index (χ1) is 10.7. The first-order valence-electron chi connectivity index (χ1n) is 6.63. The summed E-state index contributed by atoms with van der Waals surface area (Å²) in [6.07, 6.45) is 3.11. The van der Waals surface area contributed by atoms with Gasteiger partial charge in [0.1, 0.15) is 12.4 Å². The summed E-state index contributed by atoms with van der Waals surface area (Å²) in [6.45, 7) is 3.91. The zero-order chi connectivity index (χ0) is 15.8. The van der Waals surface area contributed by atoms with Gasteiger partial charge in [-0.05, 0) is 18.2 Å². The van der Waals surface area contributed by atoms with Crippen LogP contribution in [0.5, 0.6) is 5.75 Å². The molecular formula is C17H15ClN2O2. The summed E-state index contributed by atoms with van der Waals surface area (Å²) in [5.41, 5.74) is 3.58. The Morgan fingerprint density at radius 1 is 1.23 bits per heavy atom. The molecule has 0 fully saturated rings. The van der Waals surface area contributed by atoms with Crippen molar-refractivity contribution in [1.82, 2.24) is 5.43 Å². The highest BCUT2D eigenvalue weighted by atomic mass is 35.5. The quantitative estimate of drug-likeness (QED) is 0.502. The largest absolute Gasteiger partial charge is 0.489 e. The van der Waals surface area contributed by atoms with Crippen molar-refractivity contribution in [2.75, 3.05) is 6.61 Å². The Labute approximate surface area is 134 Å². The van der Waals surface area contributed by atoms with Gasteiger partial charge in [-0.2, -0.15) is 5.10 Å². The molecule has 0 saturated heterocycles. The summed E-state index contributed by atoms with van der Waals surface area (Å²) in [5, 5.41) is 4.48. The van der Waals surface area contributed by atoms with E-state index in [1.54, 1.807) is 42.5 Å². The number of nitrogens with zero attached hydrogens (tertiary/aromatic N) is 1. The molecule has 1 amide bonds. The lowest BCUT2D eigenvalue weighted by molar-refractivity contribution is 0.0951. The minimum absolute atomic E-state index is 0.327. The van der Waals surface area contributed by atoms with Gasteiger partial charge in [0.25, 0.3) is 5.91 Å². The second-order valence-electron chi connectivity index (χ2n) is 4.32. The Morgan fingerprint density at radius 2 is 1.95 bits per heavy atom. The number of carbonyl (C=O) groups excluding carboxylic acids is 1. The molecule has 5 heteroatoms. The van der Waals surface area contributed by atoms with E-state index in [2.05, 4.69) is 17.1 Å². The highest BCUT2D eigenvalue weighted by Gasteiger charge is 2.10. The first-order valence-corrected chi connectivity index (χ1v) is 7.01. The van der Waals surface area contributed by atoms with E-state index in [-0.39, 0.29) is 5.91 Å². The molecule has 0 saturated carbocycles. The molecule has 0 bridgehead atoms. The lowest BCUT2D eigenvalue weighted by atomic mass is 10.2. The van der Waals surface area contributed by atoms with Gasteiger partial charge >= 0.3 is 0 Å². The van der Waals surface area contributed by atoms with Crippen molar-refractivity contribution in [1.29, 1.82) is 0 Å². The topological polar surface area (TPSA) is 50.7 Å². The van der Waals surface area contributed by atoms with Crippen LogP contribution in [0, 0.1) is 0 Å². The van der Waals surface area contributed by atoms with E-state index in [1.165, 1.54) is 6.21 Å². The lowest BCUT2D eigenvalue weighted by Gasteiger charge is -2.08. The number of nitrogens with one attached hydrogen (secondary N) is 1. The van der Waals surface area contributed by atoms with Crippen LogP contribution in [-0.2, 0) is 0 Å². The maximum Gasteiger partial charge on any atom is 0.275 e. The van der Waals surface area contributed by atoms with Gasteiger partial charge < -0.3 is 4.74 Å². The minimum Gasteiger partial charge on any atom is -0.489 e. The normalized spacial score (nSPS) is 10.4. The van der Waals surface area contributed by atoms with Gasteiger partial charge in [-0.3, -0.25) is 4.79 Å². The molecule has 0 aliphatic carbocycles. The number of para-hydroxylation sites is 1. The molecule has 0 aliphatic heterocycles. The van der Waals surface area contributed by atoms with Gasteiger partial charge in [0.15, 0.2) is 0 Å². The van der Waals surface area contributed by atoms with E-state index < -0.39 is 0 Å². The zero-order valence-electron chi connectivity index (χ0n) is 11.8. The fourth-order valence-electron chi connectivity index (χ4n) is 1.73. The van der Waals surface area contributed by atoms with E-state index >= 15 is 0 Å². The Hall–Kier alpha value is -2.59. The SMILES string of the molecule is C=CCOc1ccccc1C(=O)NN=Cc1ccccc1Cl. The predicted octanol–water partition coefficient (Wildman–Crippen LogP) is 3.67. The molecule has 2 aromatic carbocycles. The van der Waals surface area contributed by atoms with Gasteiger partial charge in [-0.25, -0.2) is 5.43 Å². The standard InChI is InChI=1S/C17H15ClN2O2/c1-2-11-22-16-10-6-4-8-14(16)17(21)20-19-12-13-7-3-5-9-15(13)18/h2-10,12H,1,11H2,(H,20,21). The van der Waals surface area contributed by atoms with Crippen molar-refractivity contribution in [2.24, 2.45) is 5.10 Å². The van der Waals surface area contributed by atoms with Crippen molar-refractivity contribution >= 4 is 23.7 Å². The molecule has 1 N–H and O–H groups in total. The first kappa shape index (κ1) is 15.8. The van der Waals surface area contributed by atoms with E-state index in [0.717, 1.165) is 5.56 Å². The Balaban J connectivity index is 2.06. The van der Waals surface area contributed by atoms with Crippen LogP contribution in [0.1, 0.15) is 15.9 Å². The van der Waals surface area contributed by atoms with Crippen LogP contribution in [0.4, 0.5) is 0 Å². The molecule has 4 nitrogen and oxygen atoms in total. The fourth-order valence-corrected chi connectivity index (χ4v) is 1.91. The highest BCUT2D eigenvalue weighted by Crippen LogP contribution is 2.18. The minimum atomic E-state index is -0.358. The van der Waals surface area contributed by atoms with E-state index in [1.807, 2.05) is 12.1 Å². The third kappa shape index (κ3) is 4.20. The van der Waals surface area contributed by atoms with Crippen molar-refractivity contribution in [3.8, 4) is 5.75 Å². The lowest BCUT2D eigenvalue weighted by Crippen LogP contribution is -2.18. The zero-order valence-corrected chi connectivity index (χ0v) is 12.6. The highest BCUT2D eigenvalue weighted by molar-refractivity contribution is 6.33. The molecule has 0 radical (unpaired) electrons. The van der Waals surface area contributed by atoms with Crippen molar-refractivity contribution in [3.05, 3.63) is 77.3 Å². The second kappa shape index (κ2) is 8.00. The van der Waals surface area contributed by atoms with Crippen LogP contribution in [0.2, 0.25) is 5.02 Å². The van der Waals surface area contributed by atoms with Gasteiger partial charge in [0, 0.05) is 10.6 Å². The second-order valence-corrected chi connectivity index (χ2v) is 4.72. The monoisotopic (exact) mass is 314 g/mol. The summed E-state index contributed by atoms with van der Waals surface area (Å²) in [5.74, 6) is 0.121. The summed E-state index contributed by atoms with van der Waals surface area (Å²) in [6, 6.07) is 14.2. The number of carbonyl (C=O) groups is 1. The van der Waals surface area contributed by atoms with Crippen molar-refractivity contribution in [3.63, 3.8) is 0 Å². The van der Waals surface area contributed by atoms with Crippen LogP contribution >= 0.6 is 11.6 Å². The molecule has 2 rings (SSSR count). The summed E-state index contributed by atoms with van der Waals surface area (Å²) in [7, 11) is 0. The van der Waals surface area contributed by atoms with Crippen LogP contribution in [0.25, 0.3) is 0 Å². The summed E-state index contributed by atoms with van der Waals surface area (Å²) in [4.78, 5) is 12.1. The number of rotatable bonds is 6. The summed E-state index contributed by atoms with van der Waals surface area (Å²) >= 11 is 6.01. The van der Waals surface area contributed by atoms with Gasteiger partial charge in [0.2, 0.25) is 0 Å².